The minimum atomic E-state index is -0.210. The van der Waals surface area contributed by atoms with E-state index in [1.165, 1.54) is 10.6 Å². The van der Waals surface area contributed by atoms with E-state index in [1.807, 2.05) is 6.92 Å². The van der Waals surface area contributed by atoms with E-state index in [9.17, 15) is 9.59 Å². The van der Waals surface area contributed by atoms with E-state index in [1.54, 1.807) is 18.3 Å². The van der Waals surface area contributed by atoms with E-state index >= 15 is 0 Å². The number of aliphatic hydroxyl groups excluding tert-OH is 1. The molecule has 5 heteroatoms. The van der Waals surface area contributed by atoms with Crippen molar-refractivity contribution in [2.45, 2.75) is 32.4 Å². The lowest BCUT2D eigenvalue weighted by atomic mass is 10.1. The summed E-state index contributed by atoms with van der Waals surface area (Å²) in [6.45, 7) is 2.00. The van der Waals surface area contributed by atoms with Gasteiger partial charge in [0.15, 0.2) is 0 Å². The summed E-state index contributed by atoms with van der Waals surface area (Å²) in [4.78, 5) is 23.0. The number of carbonyl (C=O) groups excluding carboxylic acids is 1. The third kappa shape index (κ3) is 4.40. The molecule has 1 rings (SSSR count). The molecule has 2 N–H and O–H groups in total. The minimum Gasteiger partial charge on any atom is -0.396 e. The van der Waals surface area contributed by atoms with Gasteiger partial charge in [0.2, 0.25) is 5.91 Å². The maximum atomic E-state index is 11.7. The van der Waals surface area contributed by atoms with Crippen LogP contribution in [0.25, 0.3) is 0 Å². The van der Waals surface area contributed by atoms with E-state index in [0.717, 1.165) is 6.42 Å². The van der Waals surface area contributed by atoms with Crippen molar-refractivity contribution >= 4 is 5.91 Å². The van der Waals surface area contributed by atoms with Gasteiger partial charge in [-0.15, -0.1) is 0 Å². The SMILES string of the molecule is CCC(CCO)NC(=O)Cn1ccccc1=O. The van der Waals surface area contributed by atoms with Crippen LogP contribution in [-0.2, 0) is 11.3 Å². The molecule has 0 aliphatic heterocycles. The third-order valence-corrected chi connectivity index (χ3v) is 2.55. The molecule has 1 heterocycles. The molecule has 1 unspecified atom stereocenters. The second-order valence-electron chi connectivity index (χ2n) is 3.85. The molecule has 0 bridgehead atoms. The van der Waals surface area contributed by atoms with Gasteiger partial charge in [-0.25, -0.2) is 0 Å². The first kappa shape index (κ1) is 13.4. The highest BCUT2D eigenvalue weighted by Gasteiger charge is 2.10. The number of hydrogen-bond acceptors (Lipinski definition) is 3. The molecule has 94 valence electrons. The first-order valence-corrected chi connectivity index (χ1v) is 5.73. The minimum absolute atomic E-state index is 0.0155. The van der Waals surface area contributed by atoms with E-state index in [4.69, 9.17) is 5.11 Å². The standard InChI is InChI=1S/C12H18N2O3/c1-2-10(6-8-15)13-11(16)9-14-7-4-3-5-12(14)17/h3-5,7,10,15H,2,6,8-9H2,1H3,(H,13,16). The topological polar surface area (TPSA) is 71.3 Å². The van der Waals surface area contributed by atoms with Crippen LogP contribution in [-0.4, -0.2) is 28.2 Å². The number of amides is 1. The summed E-state index contributed by atoms with van der Waals surface area (Å²) in [5, 5.41) is 11.6. The number of pyridine rings is 1. The van der Waals surface area contributed by atoms with Gasteiger partial charge in [0.1, 0.15) is 6.54 Å². The van der Waals surface area contributed by atoms with Gasteiger partial charge in [-0.2, -0.15) is 0 Å². The van der Waals surface area contributed by atoms with Crippen molar-refractivity contribution in [1.82, 2.24) is 9.88 Å². The maximum absolute atomic E-state index is 11.7. The largest absolute Gasteiger partial charge is 0.396 e. The summed E-state index contributed by atoms with van der Waals surface area (Å²) in [7, 11) is 0. The van der Waals surface area contributed by atoms with E-state index < -0.39 is 0 Å². The van der Waals surface area contributed by atoms with Crippen LogP contribution in [0.1, 0.15) is 19.8 Å². The van der Waals surface area contributed by atoms with Crippen LogP contribution < -0.4 is 10.9 Å². The number of aromatic nitrogens is 1. The summed E-state index contributed by atoms with van der Waals surface area (Å²) in [6.07, 6.45) is 2.87. The van der Waals surface area contributed by atoms with Gasteiger partial charge in [-0.3, -0.25) is 9.59 Å². The highest BCUT2D eigenvalue weighted by Crippen LogP contribution is 1.96. The van der Waals surface area contributed by atoms with Crippen molar-refractivity contribution in [3.05, 3.63) is 34.7 Å². The normalized spacial score (nSPS) is 12.1. The molecular formula is C12H18N2O3. The lowest BCUT2D eigenvalue weighted by Crippen LogP contribution is -2.38. The molecule has 1 aromatic rings. The van der Waals surface area contributed by atoms with Crippen LogP contribution in [0, 0.1) is 0 Å². The first-order chi connectivity index (χ1) is 8.17. The summed E-state index contributed by atoms with van der Waals surface area (Å²) >= 11 is 0. The van der Waals surface area contributed by atoms with Gasteiger partial charge in [-0.1, -0.05) is 13.0 Å². The van der Waals surface area contributed by atoms with Crippen LogP contribution in [0.4, 0.5) is 0 Å². The highest BCUT2D eigenvalue weighted by atomic mass is 16.3. The summed E-state index contributed by atoms with van der Waals surface area (Å²) < 4.78 is 1.35. The molecule has 1 amide bonds. The Morgan fingerprint density at radius 3 is 2.88 bits per heavy atom. The Labute approximate surface area is 100 Å². The van der Waals surface area contributed by atoms with E-state index in [2.05, 4.69) is 5.32 Å². The van der Waals surface area contributed by atoms with Gasteiger partial charge < -0.3 is 15.0 Å². The second kappa shape index (κ2) is 6.85. The second-order valence-corrected chi connectivity index (χ2v) is 3.85. The number of carbonyl (C=O) groups is 1. The van der Waals surface area contributed by atoms with Gasteiger partial charge in [-0.05, 0) is 18.9 Å². The fourth-order valence-corrected chi connectivity index (χ4v) is 1.55. The zero-order valence-electron chi connectivity index (χ0n) is 9.93. The molecule has 17 heavy (non-hydrogen) atoms. The summed E-state index contributed by atoms with van der Waals surface area (Å²) in [5.74, 6) is -0.210. The zero-order valence-corrected chi connectivity index (χ0v) is 9.93. The molecule has 0 fully saturated rings. The Hall–Kier alpha value is -1.62. The molecule has 5 nitrogen and oxygen atoms in total. The zero-order chi connectivity index (χ0) is 12.7. The van der Waals surface area contributed by atoms with Crippen LogP contribution >= 0.6 is 0 Å². The number of nitrogens with zero attached hydrogens (tertiary/aromatic N) is 1. The maximum Gasteiger partial charge on any atom is 0.250 e. The van der Waals surface area contributed by atoms with Crippen LogP contribution in [0.2, 0.25) is 0 Å². The number of aliphatic hydroxyl groups is 1. The molecule has 0 aromatic carbocycles. The van der Waals surface area contributed by atoms with Crippen molar-refractivity contribution in [2.75, 3.05) is 6.61 Å². The monoisotopic (exact) mass is 238 g/mol. The number of rotatable bonds is 6. The highest BCUT2D eigenvalue weighted by molar-refractivity contribution is 5.76. The third-order valence-electron chi connectivity index (χ3n) is 2.55. The van der Waals surface area contributed by atoms with Gasteiger partial charge in [0, 0.05) is 24.9 Å². The molecular weight excluding hydrogens is 220 g/mol. The van der Waals surface area contributed by atoms with Crippen molar-refractivity contribution in [3.63, 3.8) is 0 Å². The summed E-state index contributed by atoms with van der Waals surface area (Å²) in [5.41, 5.74) is -0.196. The first-order valence-electron chi connectivity index (χ1n) is 5.73. The predicted molar refractivity (Wildman–Crippen MR) is 64.6 cm³/mol. The summed E-state index contributed by atoms with van der Waals surface area (Å²) in [6, 6.07) is 4.72. The van der Waals surface area contributed by atoms with E-state index in [-0.39, 0.29) is 30.7 Å². The lowest BCUT2D eigenvalue weighted by Gasteiger charge is -2.16. The Kier molecular flexibility index (Phi) is 5.42. The van der Waals surface area contributed by atoms with Crippen LogP contribution in [0.3, 0.4) is 0 Å². The van der Waals surface area contributed by atoms with Crippen molar-refractivity contribution in [2.24, 2.45) is 0 Å². The predicted octanol–water partition coefficient (Wildman–Crippen LogP) is 0.125. The molecule has 0 saturated heterocycles. The smallest absolute Gasteiger partial charge is 0.250 e. The molecule has 0 saturated carbocycles. The molecule has 0 aliphatic rings. The fraction of sp³-hybridized carbons (Fsp3) is 0.500. The van der Waals surface area contributed by atoms with Crippen LogP contribution in [0.15, 0.2) is 29.2 Å². The van der Waals surface area contributed by atoms with Gasteiger partial charge >= 0.3 is 0 Å². The quantitative estimate of drug-likeness (QED) is 0.739. The fourth-order valence-electron chi connectivity index (χ4n) is 1.55. The Bertz CT molecular complexity index is 414. The number of hydrogen-bond donors (Lipinski definition) is 2. The average molecular weight is 238 g/mol. The van der Waals surface area contributed by atoms with Crippen molar-refractivity contribution < 1.29 is 9.90 Å². The lowest BCUT2D eigenvalue weighted by molar-refractivity contribution is -0.122. The number of nitrogens with one attached hydrogen (secondary N) is 1. The average Bonchev–Trinajstić information content (AvgIpc) is 2.31. The molecule has 0 spiro atoms. The molecule has 1 atom stereocenters. The van der Waals surface area contributed by atoms with E-state index in [0.29, 0.717) is 6.42 Å². The molecule has 1 aromatic heterocycles. The molecule has 0 aliphatic carbocycles. The Morgan fingerprint density at radius 1 is 1.53 bits per heavy atom. The Balaban J connectivity index is 2.55. The van der Waals surface area contributed by atoms with Crippen LogP contribution in [0.5, 0.6) is 0 Å². The van der Waals surface area contributed by atoms with Crippen molar-refractivity contribution in [1.29, 1.82) is 0 Å². The van der Waals surface area contributed by atoms with Gasteiger partial charge in [0.25, 0.3) is 5.56 Å². The van der Waals surface area contributed by atoms with Gasteiger partial charge in [0.05, 0.1) is 0 Å². The Morgan fingerprint density at radius 2 is 2.29 bits per heavy atom. The molecule has 0 radical (unpaired) electrons. The van der Waals surface area contributed by atoms with Crippen molar-refractivity contribution in [3.8, 4) is 0 Å².